The fourth-order valence-electron chi connectivity index (χ4n) is 2.12. The second-order valence-corrected chi connectivity index (χ2v) is 6.45. The molecule has 0 aliphatic heterocycles. The molecule has 0 saturated carbocycles. The maximum absolute atomic E-state index is 12.0. The Hall–Kier alpha value is -2.62. The van der Waals surface area contributed by atoms with E-state index in [-0.39, 0.29) is 19.2 Å². The second kappa shape index (κ2) is 8.47. The average Bonchev–Trinajstić information content (AvgIpc) is 2.65. The third-order valence-electron chi connectivity index (χ3n) is 4.21. The third-order valence-corrected chi connectivity index (χ3v) is 4.21. The number of carbonyl (C=O) groups excluding carboxylic acids is 2. The molecule has 2 aromatic carbocycles. The predicted octanol–water partition coefficient (Wildman–Crippen LogP) is 4.49. The Morgan fingerprint density at radius 3 is 2.00 bits per heavy atom. The Morgan fingerprint density at radius 1 is 0.840 bits per heavy atom. The zero-order valence-corrected chi connectivity index (χ0v) is 15.0. The monoisotopic (exact) mass is 340 g/mol. The number of carbonyl (C=O) groups is 2. The fourth-order valence-corrected chi connectivity index (χ4v) is 2.12. The summed E-state index contributed by atoms with van der Waals surface area (Å²) < 4.78 is 10.3. The van der Waals surface area contributed by atoms with Crippen molar-refractivity contribution in [3.63, 3.8) is 0 Å². The van der Waals surface area contributed by atoms with Crippen LogP contribution in [0.4, 0.5) is 0 Å². The van der Waals surface area contributed by atoms with Crippen LogP contribution in [0.25, 0.3) is 11.1 Å². The summed E-state index contributed by atoms with van der Waals surface area (Å²) in [5, 5.41) is 0. The normalized spacial score (nSPS) is 11.0. The first-order chi connectivity index (χ1) is 11.9. The molecule has 0 N–H and O–H groups in total. The molecule has 0 heterocycles. The van der Waals surface area contributed by atoms with E-state index in [4.69, 9.17) is 9.47 Å². The maximum atomic E-state index is 12.0. The zero-order valence-electron chi connectivity index (χ0n) is 15.0. The maximum Gasteiger partial charge on any atom is 0.338 e. The van der Waals surface area contributed by atoms with E-state index in [0.29, 0.717) is 12.0 Å². The highest BCUT2D eigenvalue weighted by Gasteiger charge is 2.26. The highest BCUT2D eigenvalue weighted by molar-refractivity contribution is 5.90. The van der Waals surface area contributed by atoms with Gasteiger partial charge in [0, 0.05) is 0 Å². The van der Waals surface area contributed by atoms with Crippen molar-refractivity contribution in [2.45, 2.75) is 27.2 Å². The molecule has 2 rings (SSSR count). The van der Waals surface area contributed by atoms with E-state index in [1.807, 2.05) is 63.2 Å². The molecule has 0 unspecified atom stereocenters. The molecule has 0 fully saturated rings. The Morgan fingerprint density at radius 2 is 1.40 bits per heavy atom. The van der Waals surface area contributed by atoms with E-state index in [2.05, 4.69) is 0 Å². The molecule has 0 aliphatic rings. The van der Waals surface area contributed by atoms with Gasteiger partial charge in [-0.1, -0.05) is 49.4 Å². The summed E-state index contributed by atoms with van der Waals surface area (Å²) in [5.41, 5.74) is 2.08. The van der Waals surface area contributed by atoms with Crippen LogP contribution in [0.15, 0.2) is 54.6 Å². The van der Waals surface area contributed by atoms with Crippen LogP contribution in [0.2, 0.25) is 0 Å². The van der Waals surface area contributed by atoms with Gasteiger partial charge >= 0.3 is 11.9 Å². The number of hydrogen-bond acceptors (Lipinski definition) is 4. The largest absolute Gasteiger partial charge is 0.462 e. The van der Waals surface area contributed by atoms with Crippen molar-refractivity contribution in [3.05, 3.63) is 60.2 Å². The zero-order chi connectivity index (χ0) is 18.3. The minimum Gasteiger partial charge on any atom is -0.462 e. The minimum absolute atomic E-state index is 0.0464. The molecule has 4 nitrogen and oxygen atoms in total. The van der Waals surface area contributed by atoms with Crippen molar-refractivity contribution in [1.82, 2.24) is 0 Å². The molecular weight excluding hydrogens is 316 g/mol. The topological polar surface area (TPSA) is 52.6 Å². The number of hydrogen-bond donors (Lipinski definition) is 0. The lowest BCUT2D eigenvalue weighted by molar-refractivity contribution is -0.155. The van der Waals surface area contributed by atoms with Crippen LogP contribution < -0.4 is 0 Å². The van der Waals surface area contributed by atoms with Crippen LogP contribution >= 0.6 is 0 Å². The van der Waals surface area contributed by atoms with Gasteiger partial charge in [0.25, 0.3) is 0 Å². The first-order valence-corrected chi connectivity index (χ1v) is 8.44. The molecule has 0 aliphatic carbocycles. The van der Waals surface area contributed by atoms with Crippen molar-refractivity contribution >= 4 is 11.9 Å². The summed E-state index contributed by atoms with van der Waals surface area (Å²) in [6.45, 7) is 5.70. The highest BCUT2D eigenvalue weighted by atomic mass is 16.6. The molecule has 0 radical (unpaired) electrons. The third kappa shape index (κ3) is 5.18. The summed E-state index contributed by atoms with van der Waals surface area (Å²) in [4.78, 5) is 23.8. The number of benzene rings is 2. The van der Waals surface area contributed by atoms with Crippen molar-refractivity contribution in [2.24, 2.45) is 5.41 Å². The van der Waals surface area contributed by atoms with Gasteiger partial charge in [-0.15, -0.1) is 0 Å². The average molecular weight is 340 g/mol. The van der Waals surface area contributed by atoms with Gasteiger partial charge in [0.15, 0.2) is 0 Å². The summed E-state index contributed by atoms with van der Waals surface area (Å²) >= 11 is 0. The van der Waals surface area contributed by atoms with E-state index in [1.54, 1.807) is 12.1 Å². The van der Waals surface area contributed by atoms with Crippen LogP contribution in [0, 0.1) is 5.41 Å². The molecule has 0 bridgehead atoms. The predicted molar refractivity (Wildman–Crippen MR) is 97.2 cm³/mol. The second-order valence-electron chi connectivity index (χ2n) is 6.45. The number of ether oxygens (including phenoxy) is 2. The van der Waals surface area contributed by atoms with Crippen molar-refractivity contribution in [2.75, 3.05) is 13.2 Å². The number of esters is 2. The molecule has 25 heavy (non-hydrogen) atoms. The Labute approximate surface area is 148 Å². The quantitative estimate of drug-likeness (QED) is 0.550. The lowest BCUT2D eigenvalue weighted by Crippen LogP contribution is -2.27. The molecule has 4 heteroatoms. The highest BCUT2D eigenvalue weighted by Crippen LogP contribution is 2.21. The van der Waals surface area contributed by atoms with Crippen molar-refractivity contribution in [1.29, 1.82) is 0 Å². The van der Waals surface area contributed by atoms with E-state index < -0.39 is 11.4 Å². The fraction of sp³-hybridized carbons (Fsp3) is 0.333. The van der Waals surface area contributed by atoms with E-state index in [0.717, 1.165) is 11.1 Å². The van der Waals surface area contributed by atoms with Crippen molar-refractivity contribution in [3.8, 4) is 11.1 Å². The SMILES string of the molecule is CCC(C)(C)C(=O)OCCOC(=O)c1ccc(-c2ccccc2)cc1. The minimum atomic E-state index is -0.517. The van der Waals surface area contributed by atoms with Gasteiger partial charge < -0.3 is 9.47 Å². The first kappa shape index (κ1) is 18.7. The van der Waals surface area contributed by atoms with Crippen LogP contribution in [0.3, 0.4) is 0 Å². The molecule has 132 valence electrons. The molecular formula is C21H24O4. The Balaban J connectivity index is 1.82. The molecule has 0 amide bonds. The van der Waals surface area contributed by atoms with E-state index >= 15 is 0 Å². The van der Waals surface area contributed by atoms with Gasteiger partial charge in [0.2, 0.25) is 0 Å². The van der Waals surface area contributed by atoms with Crippen LogP contribution in [0.1, 0.15) is 37.6 Å². The van der Waals surface area contributed by atoms with E-state index in [1.165, 1.54) is 0 Å². The lowest BCUT2D eigenvalue weighted by Gasteiger charge is -2.20. The standard InChI is InChI=1S/C21H24O4/c1-4-21(2,3)20(23)25-15-14-24-19(22)18-12-10-17(11-13-18)16-8-6-5-7-9-16/h5-13H,4,14-15H2,1-3H3. The molecule has 0 spiro atoms. The number of rotatable bonds is 7. The lowest BCUT2D eigenvalue weighted by atomic mass is 9.91. The smallest absolute Gasteiger partial charge is 0.338 e. The van der Waals surface area contributed by atoms with Crippen LogP contribution in [0.5, 0.6) is 0 Å². The van der Waals surface area contributed by atoms with Gasteiger partial charge in [0.1, 0.15) is 13.2 Å². The molecule has 0 aromatic heterocycles. The summed E-state index contributed by atoms with van der Waals surface area (Å²) in [6.07, 6.45) is 0.694. The van der Waals surface area contributed by atoms with Crippen LogP contribution in [-0.2, 0) is 14.3 Å². The van der Waals surface area contributed by atoms with Gasteiger partial charge in [-0.3, -0.25) is 4.79 Å². The van der Waals surface area contributed by atoms with Crippen molar-refractivity contribution < 1.29 is 19.1 Å². The Kier molecular flexibility index (Phi) is 6.34. The van der Waals surface area contributed by atoms with Gasteiger partial charge in [-0.25, -0.2) is 4.79 Å². The summed E-state index contributed by atoms with van der Waals surface area (Å²) in [7, 11) is 0. The van der Waals surface area contributed by atoms with Gasteiger partial charge in [0.05, 0.1) is 11.0 Å². The Bertz CT molecular complexity index is 702. The van der Waals surface area contributed by atoms with Gasteiger partial charge in [-0.2, -0.15) is 0 Å². The van der Waals surface area contributed by atoms with Gasteiger partial charge in [-0.05, 0) is 43.5 Å². The first-order valence-electron chi connectivity index (χ1n) is 8.44. The molecule has 2 aromatic rings. The molecule has 0 atom stereocenters. The van der Waals surface area contributed by atoms with E-state index in [9.17, 15) is 9.59 Å². The summed E-state index contributed by atoms with van der Waals surface area (Å²) in [5.74, 6) is -0.705. The summed E-state index contributed by atoms with van der Waals surface area (Å²) in [6, 6.07) is 17.2. The molecule has 0 saturated heterocycles. The van der Waals surface area contributed by atoms with Crippen LogP contribution in [-0.4, -0.2) is 25.2 Å².